The van der Waals surface area contributed by atoms with Gasteiger partial charge in [-0.15, -0.1) is 0 Å². The molecule has 0 amide bonds. The van der Waals surface area contributed by atoms with E-state index in [9.17, 15) is 0 Å². The van der Waals surface area contributed by atoms with E-state index >= 15 is 0 Å². The number of anilines is 3. The molecule has 0 saturated heterocycles. The van der Waals surface area contributed by atoms with Gasteiger partial charge in [0.15, 0.2) is 0 Å². The number of rotatable bonds is 10. The molecule has 8 nitrogen and oxygen atoms in total. The van der Waals surface area contributed by atoms with Crippen molar-refractivity contribution >= 4 is 24.1 Å². The van der Waals surface area contributed by atoms with Gasteiger partial charge in [0.1, 0.15) is 0 Å². The fourth-order valence-corrected chi connectivity index (χ4v) is 4.03. The van der Waals surface area contributed by atoms with Crippen LogP contribution in [0, 0.1) is 0 Å². The normalized spacial score (nSPS) is 14.6. The molecule has 0 aliphatic heterocycles. The van der Waals surface area contributed by atoms with Gasteiger partial charge in [0, 0.05) is 42.0 Å². The van der Waals surface area contributed by atoms with Crippen molar-refractivity contribution in [2.75, 3.05) is 29.0 Å². The summed E-state index contributed by atoms with van der Waals surface area (Å²) in [5.74, 6) is 1.72. The third kappa shape index (κ3) is 11.1. The van der Waals surface area contributed by atoms with Gasteiger partial charge in [0.05, 0.1) is 5.54 Å². The lowest BCUT2D eigenvalue weighted by molar-refractivity contribution is 0.0368. The van der Waals surface area contributed by atoms with Crippen molar-refractivity contribution in [2.24, 2.45) is 4.99 Å². The lowest BCUT2D eigenvalue weighted by atomic mass is 9.88. The molecular formula is C25H50N8. The van der Waals surface area contributed by atoms with Crippen molar-refractivity contribution in [2.45, 2.75) is 125 Å². The SMILES string of the molecule is CCNc1nc(NC(C)CC(C)(C)N(CC=NC(C)(C)C)C(C)(C)C)nc(NC(C)(C)C)n1. The molecule has 0 aliphatic rings. The maximum atomic E-state index is 4.71. The second kappa shape index (κ2) is 11.0. The predicted molar refractivity (Wildman–Crippen MR) is 144 cm³/mol. The number of hydrogen-bond acceptors (Lipinski definition) is 8. The van der Waals surface area contributed by atoms with Gasteiger partial charge in [0.2, 0.25) is 17.8 Å². The lowest BCUT2D eigenvalue weighted by Crippen LogP contribution is -2.56. The molecular weight excluding hydrogens is 412 g/mol. The first-order chi connectivity index (χ1) is 14.8. The number of aliphatic imine (C=N–C) groups is 1. The summed E-state index contributed by atoms with van der Waals surface area (Å²) in [7, 11) is 0. The van der Waals surface area contributed by atoms with Gasteiger partial charge in [-0.3, -0.25) is 9.89 Å². The third-order valence-corrected chi connectivity index (χ3v) is 4.92. The molecule has 0 bridgehead atoms. The van der Waals surface area contributed by atoms with Gasteiger partial charge in [-0.05, 0) is 96.4 Å². The summed E-state index contributed by atoms with van der Waals surface area (Å²) in [6.07, 6.45) is 2.97. The molecule has 1 aromatic rings. The van der Waals surface area contributed by atoms with E-state index in [-0.39, 0.29) is 28.2 Å². The molecule has 1 unspecified atom stereocenters. The Morgan fingerprint density at radius 1 is 0.879 bits per heavy atom. The van der Waals surface area contributed by atoms with E-state index in [4.69, 9.17) is 4.99 Å². The highest BCUT2D eigenvalue weighted by molar-refractivity contribution is 5.60. The van der Waals surface area contributed by atoms with Gasteiger partial charge in [0.25, 0.3) is 0 Å². The van der Waals surface area contributed by atoms with E-state index in [1.165, 1.54) is 0 Å². The number of nitrogens with one attached hydrogen (secondary N) is 3. The van der Waals surface area contributed by atoms with Crippen LogP contribution in [0.25, 0.3) is 0 Å². The standard InChI is InChI=1S/C25H50N8/c1-14-26-19-29-20(31-21(30-19)32-23(6,7)8)28-18(2)17-25(12,13)33(24(9,10)11)16-15-27-22(3,4)5/h15,18H,14,16-17H2,1-13H3,(H3,26,28,29,30,31,32). The van der Waals surface area contributed by atoms with Crippen LogP contribution >= 0.6 is 0 Å². The summed E-state index contributed by atoms with van der Waals surface area (Å²) < 4.78 is 0. The Bertz CT molecular complexity index is 766. The maximum Gasteiger partial charge on any atom is 0.229 e. The molecule has 1 rings (SSSR count). The van der Waals surface area contributed by atoms with Gasteiger partial charge in [-0.1, -0.05) is 0 Å². The Hall–Kier alpha value is -1.96. The van der Waals surface area contributed by atoms with Gasteiger partial charge < -0.3 is 16.0 Å². The Morgan fingerprint density at radius 3 is 1.91 bits per heavy atom. The quantitative estimate of drug-likeness (QED) is 0.398. The summed E-state index contributed by atoms with van der Waals surface area (Å²) in [6.45, 7) is 29.8. The maximum absolute atomic E-state index is 4.71. The Morgan fingerprint density at radius 2 is 1.42 bits per heavy atom. The molecule has 33 heavy (non-hydrogen) atoms. The van der Waals surface area contributed by atoms with E-state index in [2.05, 4.69) is 125 Å². The second-order valence-corrected chi connectivity index (χ2v) is 12.5. The molecule has 1 heterocycles. The van der Waals surface area contributed by atoms with Crippen LogP contribution in [0.2, 0.25) is 0 Å². The zero-order valence-electron chi connectivity index (χ0n) is 23.5. The molecule has 1 atom stereocenters. The van der Waals surface area contributed by atoms with Crippen molar-refractivity contribution in [1.82, 2.24) is 19.9 Å². The van der Waals surface area contributed by atoms with Crippen molar-refractivity contribution < 1.29 is 0 Å². The summed E-state index contributed by atoms with van der Waals surface area (Å²) in [5.41, 5.74) is -0.275. The molecule has 0 spiro atoms. The van der Waals surface area contributed by atoms with Crippen LogP contribution in [-0.4, -0.2) is 67.4 Å². The number of aromatic nitrogens is 3. The van der Waals surface area contributed by atoms with E-state index < -0.39 is 0 Å². The van der Waals surface area contributed by atoms with Crippen LogP contribution < -0.4 is 16.0 Å². The summed E-state index contributed by atoms with van der Waals surface area (Å²) in [6, 6.07) is 0.156. The molecule has 0 radical (unpaired) electrons. The topological polar surface area (TPSA) is 90.4 Å². The molecule has 0 aromatic carbocycles. The molecule has 1 aromatic heterocycles. The highest BCUT2D eigenvalue weighted by Crippen LogP contribution is 2.29. The van der Waals surface area contributed by atoms with Gasteiger partial charge in [-0.25, -0.2) is 0 Å². The molecule has 0 fully saturated rings. The van der Waals surface area contributed by atoms with Crippen LogP contribution in [0.4, 0.5) is 17.8 Å². The Labute approximate surface area is 202 Å². The molecule has 0 aliphatic carbocycles. The third-order valence-electron chi connectivity index (χ3n) is 4.92. The minimum atomic E-state index is -0.141. The van der Waals surface area contributed by atoms with E-state index in [1.54, 1.807) is 0 Å². The van der Waals surface area contributed by atoms with E-state index in [0.29, 0.717) is 17.8 Å². The largest absolute Gasteiger partial charge is 0.354 e. The van der Waals surface area contributed by atoms with Crippen molar-refractivity contribution in [1.29, 1.82) is 0 Å². The van der Waals surface area contributed by atoms with Crippen LogP contribution in [0.5, 0.6) is 0 Å². The summed E-state index contributed by atoms with van der Waals surface area (Å²) in [4.78, 5) is 20.9. The molecule has 8 heteroatoms. The zero-order valence-corrected chi connectivity index (χ0v) is 23.5. The molecule has 190 valence electrons. The minimum absolute atomic E-state index is 0.00229. The highest BCUT2D eigenvalue weighted by atomic mass is 15.3. The van der Waals surface area contributed by atoms with Crippen LogP contribution in [0.3, 0.4) is 0 Å². The number of nitrogens with zero attached hydrogens (tertiary/aromatic N) is 5. The first kappa shape index (κ1) is 29.1. The average molecular weight is 463 g/mol. The lowest BCUT2D eigenvalue weighted by Gasteiger charge is -2.47. The van der Waals surface area contributed by atoms with Gasteiger partial charge in [-0.2, -0.15) is 15.0 Å². The fraction of sp³-hybridized carbons (Fsp3) is 0.840. The van der Waals surface area contributed by atoms with Crippen LogP contribution in [-0.2, 0) is 0 Å². The van der Waals surface area contributed by atoms with Crippen molar-refractivity contribution in [3.8, 4) is 0 Å². The molecule has 3 N–H and O–H groups in total. The fourth-order valence-electron chi connectivity index (χ4n) is 4.03. The van der Waals surface area contributed by atoms with Crippen molar-refractivity contribution in [3.63, 3.8) is 0 Å². The Balaban J connectivity index is 3.05. The minimum Gasteiger partial charge on any atom is -0.354 e. The zero-order chi connectivity index (χ0) is 25.7. The number of hydrogen-bond donors (Lipinski definition) is 3. The monoisotopic (exact) mass is 462 g/mol. The first-order valence-corrected chi connectivity index (χ1v) is 12.2. The average Bonchev–Trinajstić information content (AvgIpc) is 2.54. The van der Waals surface area contributed by atoms with Crippen LogP contribution in [0.1, 0.15) is 96.4 Å². The van der Waals surface area contributed by atoms with E-state index in [0.717, 1.165) is 19.5 Å². The van der Waals surface area contributed by atoms with Gasteiger partial charge >= 0.3 is 0 Å². The van der Waals surface area contributed by atoms with Crippen molar-refractivity contribution in [3.05, 3.63) is 0 Å². The summed E-state index contributed by atoms with van der Waals surface area (Å²) >= 11 is 0. The predicted octanol–water partition coefficient (Wildman–Crippen LogP) is 5.45. The van der Waals surface area contributed by atoms with Crippen LogP contribution in [0.15, 0.2) is 4.99 Å². The smallest absolute Gasteiger partial charge is 0.229 e. The second-order valence-electron chi connectivity index (χ2n) is 12.5. The van der Waals surface area contributed by atoms with E-state index in [1.807, 2.05) is 6.92 Å². The molecule has 0 saturated carbocycles. The first-order valence-electron chi connectivity index (χ1n) is 12.2. The Kier molecular flexibility index (Phi) is 9.67. The summed E-state index contributed by atoms with van der Waals surface area (Å²) in [5, 5.41) is 10.1. The highest BCUT2D eigenvalue weighted by Gasteiger charge is 2.35.